The number of carboxylic acid groups (broad SMARTS) is 1. The Morgan fingerprint density at radius 3 is 1.00 bits per heavy atom. The number of ether oxygens (including phenoxy) is 5. The molecule has 0 bridgehead atoms. The number of carboxylic acids is 1. The lowest BCUT2D eigenvalue weighted by Gasteiger charge is -2.07. The Bertz CT molecular complexity index is 228. The van der Waals surface area contributed by atoms with Crippen LogP contribution < -0.4 is 0 Å². The summed E-state index contributed by atoms with van der Waals surface area (Å²) < 4.78 is 26.9. The van der Waals surface area contributed by atoms with E-state index in [-0.39, 0.29) is 0 Å². The zero-order chi connectivity index (χ0) is 19.0. The van der Waals surface area contributed by atoms with Crippen molar-refractivity contribution < 1.29 is 33.6 Å². The summed E-state index contributed by atoms with van der Waals surface area (Å²) in [5.41, 5.74) is 0. The van der Waals surface area contributed by atoms with Gasteiger partial charge in [-0.15, -0.1) is 0 Å². The Kier molecular flexibility index (Phi) is 27.0. The van der Waals surface area contributed by atoms with E-state index in [2.05, 4.69) is 13.8 Å². The molecule has 0 fully saturated rings. The van der Waals surface area contributed by atoms with Gasteiger partial charge in [-0.1, -0.05) is 26.7 Å². The van der Waals surface area contributed by atoms with E-state index >= 15 is 0 Å². The van der Waals surface area contributed by atoms with Gasteiger partial charge in [0, 0.05) is 20.1 Å². The largest absolute Gasteiger partial charge is 0.481 e. The maximum Gasteiger partial charge on any atom is 0.300 e. The summed E-state index contributed by atoms with van der Waals surface area (Å²) >= 11 is 0. The summed E-state index contributed by atoms with van der Waals surface area (Å²) in [6.07, 6.45) is 4.57. The van der Waals surface area contributed by atoms with Crippen molar-refractivity contribution in [3.8, 4) is 0 Å². The Morgan fingerprint density at radius 1 is 0.600 bits per heavy atom. The number of unbranched alkanes of at least 4 members (excludes halogenated alkanes) is 2. The van der Waals surface area contributed by atoms with E-state index < -0.39 is 5.97 Å². The summed E-state index contributed by atoms with van der Waals surface area (Å²) in [5, 5.41) is 7.42. The molecule has 0 aliphatic carbocycles. The van der Waals surface area contributed by atoms with Gasteiger partial charge in [-0.25, -0.2) is 0 Å². The zero-order valence-electron chi connectivity index (χ0n) is 16.3. The van der Waals surface area contributed by atoms with E-state index in [0.29, 0.717) is 52.9 Å². The number of aliphatic carboxylic acids is 1. The highest BCUT2D eigenvalue weighted by molar-refractivity contribution is 5.62. The first kappa shape index (κ1) is 26.5. The second-order valence-electron chi connectivity index (χ2n) is 5.29. The van der Waals surface area contributed by atoms with Crippen LogP contribution in [0.5, 0.6) is 0 Å². The predicted octanol–water partition coefficient (Wildman–Crippen LogP) is 2.76. The highest BCUT2D eigenvalue weighted by Gasteiger charge is 1.93. The van der Waals surface area contributed by atoms with Gasteiger partial charge in [-0.05, 0) is 12.8 Å². The summed E-state index contributed by atoms with van der Waals surface area (Å²) in [5.74, 6) is -0.833. The van der Waals surface area contributed by atoms with Crippen LogP contribution in [0.2, 0.25) is 0 Å². The highest BCUT2D eigenvalue weighted by Crippen LogP contribution is 1.89. The van der Waals surface area contributed by atoms with E-state index in [9.17, 15) is 0 Å². The second kappa shape index (κ2) is 25.5. The van der Waals surface area contributed by atoms with Crippen LogP contribution in [0.1, 0.15) is 46.5 Å². The fourth-order valence-electron chi connectivity index (χ4n) is 1.47. The quantitative estimate of drug-likeness (QED) is 0.373. The fourth-order valence-corrected chi connectivity index (χ4v) is 1.47. The van der Waals surface area contributed by atoms with Gasteiger partial charge >= 0.3 is 0 Å². The topological polar surface area (TPSA) is 83.5 Å². The molecule has 0 aromatic carbocycles. The van der Waals surface area contributed by atoms with Gasteiger partial charge in [0.15, 0.2) is 0 Å². The average Bonchev–Trinajstić information content (AvgIpc) is 2.57. The van der Waals surface area contributed by atoms with Gasteiger partial charge in [0.05, 0.1) is 52.9 Å². The molecule has 0 aromatic rings. The van der Waals surface area contributed by atoms with Crippen LogP contribution in [0, 0.1) is 0 Å². The van der Waals surface area contributed by atoms with Crippen molar-refractivity contribution in [3.05, 3.63) is 0 Å². The van der Waals surface area contributed by atoms with Crippen molar-refractivity contribution >= 4 is 5.97 Å². The van der Waals surface area contributed by atoms with E-state index in [1.165, 1.54) is 12.8 Å². The number of rotatable bonds is 18. The molecule has 0 radical (unpaired) electrons. The Hall–Kier alpha value is -0.730. The molecule has 0 saturated carbocycles. The van der Waals surface area contributed by atoms with Crippen LogP contribution >= 0.6 is 0 Å². The van der Waals surface area contributed by atoms with Crippen LogP contribution in [0.3, 0.4) is 0 Å². The van der Waals surface area contributed by atoms with E-state index in [0.717, 1.165) is 33.0 Å². The zero-order valence-corrected chi connectivity index (χ0v) is 16.3. The normalized spacial score (nSPS) is 10.4. The molecule has 0 saturated heterocycles. The molecule has 0 aromatic heterocycles. The first-order valence-corrected chi connectivity index (χ1v) is 9.23. The minimum Gasteiger partial charge on any atom is -0.481 e. The van der Waals surface area contributed by atoms with Crippen molar-refractivity contribution in [1.29, 1.82) is 0 Å². The Balaban J connectivity index is 0. The smallest absolute Gasteiger partial charge is 0.300 e. The Morgan fingerprint density at radius 2 is 0.800 bits per heavy atom. The van der Waals surface area contributed by atoms with Crippen LogP contribution in [0.25, 0.3) is 0 Å². The lowest BCUT2D eigenvalue weighted by atomic mass is 10.4. The first-order chi connectivity index (χ1) is 12.1. The van der Waals surface area contributed by atoms with Crippen molar-refractivity contribution in [2.75, 3.05) is 66.1 Å². The van der Waals surface area contributed by atoms with Crippen LogP contribution in [0.15, 0.2) is 0 Å². The summed E-state index contributed by atoms with van der Waals surface area (Å²) in [6, 6.07) is 0. The third kappa shape index (κ3) is 35.3. The van der Waals surface area contributed by atoms with E-state index in [1.807, 2.05) is 0 Å². The fraction of sp³-hybridized carbons (Fsp3) is 0.944. The van der Waals surface area contributed by atoms with Crippen LogP contribution in [-0.4, -0.2) is 77.1 Å². The lowest BCUT2D eigenvalue weighted by molar-refractivity contribution is -0.134. The molecule has 1 N–H and O–H groups in total. The molecule has 0 spiro atoms. The molecule has 0 aliphatic heterocycles. The average molecular weight is 366 g/mol. The van der Waals surface area contributed by atoms with Gasteiger partial charge in [0.1, 0.15) is 0 Å². The minimum atomic E-state index is -0.833. The summed E-state index contributed by atoms with van der Waals surface area (Å²) in [4.78, 5) is 9.00. The molecular formula is C18H38O7. The third-order valence-electron chi connectivity index (χ3n) is 2.77. The molecule has 7 heteroatoms. The van der Waals surface area contributed by atoms with Gasteiger partial charge in [-0.2, -0.15) is 0 Å². The van der Waals surface area contributed by atoms with Crippen LogP contribution in [0.4, 0.5) is 0 Å². The van der Waals surface area contributed by atoms with Gasteiger partial charge in [0.25, 0.3) is 5.97 Å². The highest BCUT2D eigenvalue weighted by atomic mass is 16.6. The van der Waals surface area contributed by atoms with Crippen molar-refractivity contribution in [2.24, 2.45) is 0 Å². The monoisotopic (exact) mass is 366 g/mol. The maximum atomic E-state index is 9.00. The summed E-state index contributed by atoms with van der Waals surface area (Å²) in [7, 11) is 0. The summed E-state index contributed by atoms with van der Waals surface area (Å²) in [6.45, 7) is 12.1. The van der Waals surface area contributed by atoms with Crippen LogP contribution in [-0.2, 0) is 28.5 Å². The van der Waals surface area contributed by atoms with Gasteiger partial charge in [-0.3, -0.25) is 4.79 Å². The minimum absolute atomic E-state index is 0.602. The second-order valence-corrected chi connectivity index (χ2v) is 5.29. The molecule has 7 nitrogen and oxygen atoms in total. The molecule has 0 heterocycles. The molecule has 0 atom stereocenters. The van der Waals surface area contributed by atoms with Crippen molar-refractivity contribution in [2.45, 2.75) is 46.5 Å². The molecular weight excluding hydrogens is 328 g/mol. The van der Waals surface area contributed by atoms with E-state index in [4.69, 9.17) is 33.6 Å². The van der Waals surface area contributed by atoms with Crippen molar-refractivity contribution in [3.63, 3.8) is 0 Å². The molecule has 152 valence electrons. The molecule has 0 aliphatic rings. The third-order valence-corrected chi connectivity index (χ3v) is 2.77. The first-order valence-electron chi connectivity index (χ1n) is 9.23. The number of carbonyl (C=O) groups is 1. The van der Waals surface area contributed by atoms with Crippen molar-refractivity contribution in [1.82, 2.24) is 0 Å². The SMILES string of the molecule is CC(=O)O.CCCCOCCOCCOCCOCCOCCCC. The Labute approximate surface area is 152 Å². The lowest BCUT2D eigenvalue weighted by Crippen LogP contribution is -2.13. The predicted molar refractivity (Wildman–Crippen MR) is 97.2 cm³/mol. The van der Waals surface area contributed by atoms with Gasteiger partial charge < -0.3 is 28.8 Å². The maximum absolute atomic E-state index is 9.00. The van der Waals surface area contributed by atoms with Gasteiger partial charge in [0.2, 0.25) is 0 Å². The number of hydrogen-bond donors (Lipinski definition) is 1. The molecule has 0 unspecified atom stereocenters. The van der Waals surface area contributed by atoms with E-state index in [1.54, 1.807) is 0 Å². The molecule has 0 rings (SSSR count). The molecule has 0 amide bonds. The number of hydrogen-bond acceptors (Lipinski definition) is 6. The molecule has 25 heavy (non-hydrogen) atoms. The standard InChI is InChI=1S/C16H34O5.C2H4O2/c1-3-5-7-17-9-11-19-13-15-21-16-14-20-12-10-18-8-6-4-2;1-2(3)4/h3-16H2,1-2H3;1H3,(H,3,4).